The van der Waals surface area contributed by atoms with Crippen LogP contribution in [-0.2, 0) is 6.42 Å². The van der Waals surface area contributed by atoms with Crippen molar-refractivity contribution in [3.8, 4) is 0 Å². The molecule has 7 nitrogen and oxygen atoms in total. The van der Waals surface area contributed by atoms with E-state index in [9.17, 15) is 8.78 Å². The molecule has 1 fully saturated rings. The van der Waals surface area contributed by atoms with Gasteiger partial charge < -0.3 is 15.1 Å². The number of anilines is 1. The van der Waals surface area contributed by atoms with Crippen LogP contribution < -0.4 is 10.2 Å². The van der Waals surface area contributed by atoms with Crippen LogP contribution in [0.3, 0.4) is 0 Å². The molecular weight excluding hydrogens is 388 g/mol. The number of nitrogens with one attached hydrogen (secondary N) is 1. The number of piperazine rings is 1. The van der Waals surface area contributed by atoms with Gasteiger partial charge in [-0.25, -0.2) is 8.78 Å². The van der Waals surface area contributed by atoms with Crippen LogP contribution in [0, 0.1) is 11.6 Å². The molecule has 1 aromatic carbocycles. The Morgan fingerprint density at radius 3 is 2.73 bits per heavy atom. The van der Waals surface area contributed by atoms with E-state index in [0.29, 0.717) is 44.8 Å². The normalized spacial score (nSPS) is 15.1. The number of hydrogen-bond donors (Lipinski definition) is 1. The quantitative estimate of drug-likeness (QED) is 0.514. The number of aromatic nitrogens is 3. The number of fused-ring (bicyclic) bond motifs is 1. The molecule has 0 aliphatic carbocycles. The number of hydrogen-bond acceptors (Lipinski definition) is 4. The van der Waals surface area contributed by atoms with Crippen LogP contribution in [0.5, 0.6) is 0 Å². The molecule has 0 spiro atoms. The van der Waals surface area contributed by atoms with Crippen LogP contribution in [0.2, 0.25) is 0 Å². The van der Waals surface area contributed by atoms with Gasteiger partial charge >= 0.3 is 0 Å². The maximum absolute atomic E-state index is 14.1. The van der Waals surface area contributed by atoms with E-state index < -0.39 is 11.6 Å². The lowest BCUT2D eigenvalue weighted by atomic mass is 10.2. The third-order valence-corrected chi connectivity index (χ3v) is 5.14. The first-order chi connectivity index (χ1) is 14.7. The lowest BCUT2D eigenvalue weighted by Gasteiger charge is -2.37. The Morgan fingerprint density at radius 1 is 1.10 bits per heavy atom. The molecular formula is C21H25F2N7. The highest BCUT2D eigenvalue weighted by molar-refractivity contribution is 5.80. The highest BCUT2D eigenvalue weighted by atomic mass is 19.1. The van der Waals surface area contributed by atoms with E-state index in [0.717, 1.165) is 30.0 Å². The van der Waals surface area contributed by atoms with Crippen molar-refractivity contribution in [3.63, 3.8) is 0 Å². The Hall–Kier alpha value is -3.23. The summed E-state index contributed by atoms with van der Waals surface area (Å²) < 4.78 is 29.6. The fraction of sp³-hybridized carbons (Fsp3) is 0.381. The number of benzene rings is 1. The minimum absolute atomic E-state index is 0.315. The molecule has 3 aromatic rings. The van der Waals surface area contributed by atoms with E-state index in [-0.39, 0.29) is 0 Å². The summed E-state index contributed by atoms with van der Waals surface area (Å²) in [7, 11) is 0. The summed E-state index contributed by atoms with van der Waals surface area (Å²) in [6.07, 6.45) is 2.62. The Morgan fingerprint density at radius 2 is 1.93 bits per heavy atom. The van der Waals surface area contributed by atoms with Crippen LogP contribution >= 0.6 is 0 Å². The van der Waals surface area contributed by atoms with Gasteiger partial charge in [-0.15, -0.1) is 10.2 Å². The van der Waals surface area contributed by atoms with Crippen LogP contribution in [0.1, 0.15) is 12.7 Å². The summed E-state index contributed by atoms with van der Waals surface area (Å²) in [6.45, 7) is 5.91. The van der Waals surface area contributed by atoms with Crippen molar-refractivity contribution < 1.29 is 8.78 Å². The summed E-state index contributed by atoms with van der Waals surface area (Å²) in [5.41, 5.74) is 1.14. The molecule has 0 saturated carbocycles. The second kappa shape index (κ2) is 9.06. The molecule has 30 heavy (non-hydrogen) atoms. The van der Waals surface area contributed by atoms with Crippen molar-refractivity contribution in [3.05, 3.63) is 60.1 Å². The summed E-state index contributed by atoms with van der Waals surface area (Å²) >= 11 is 0. The predicted octanol–water partition coefficient (Wildman–Crippen LogP) is 2.34. The number of rotatable bonds is 5. The number of pyridine rings is 1. The van der Waals surface area contributed by atoms with Crippen molar-refractivity contribution in [2.24, 2.45) is 4.99 Å². The van der Waals surface area contributed by atoms with Crippen molar-refractivity contribution in [1.29, 1.82) is 0 Å². The first kappa shape index (κ1) is 20.1. The minimum atomic E-state index is -0.426. The SMILES string of the molecule is CCNC(=NCCc1nnc2ccccn12)N1CCN(c2cc(F)ccc2F)CC1. The molecule has 0 bridgehead atoms. The summed E-state index contributed by atoms with van der Waals surface area (Å²) in [5, 5.41) is 11.7. The molecule has 1 aliphatic rings. The smallest absolute Gasteiger partial charge is 0.194 e. The highest BCUT2D eigenvalue weighted by Crippen LogP contribution is 2.22. The Kier molecular flexibility index (Phi) is 6.06. The van der Waals surface area contributed by atoms with Crippen molar-refractivity contribution in [2.75, 3.05) is 44.2 Å². The molecule has 1 aliphatic heterocycles. The van der Waals surface area contributed by atoms with Gasteiger partial charge in [0.25, 0.3) is 0 Å². The van der Waals surface area contributed by atoms with E-state index >= 15 is 0 Å². The van der Waals surface area contributed by atoms with Gasteiger partial charge in [0.1, 0.15) is 17.5 Å². The second-order valence-corrected chi connectivity index (χ2v) is 7.10. The number of nitrogens with zero attached hydrogens (tertiary/aromatic N) is 6. The lowest BCUT2D eigenvalue weighted by molar-refractivity contribution is 0.370. The average Bonchev–Trinajstić information content (AvgIpc) is 3.18. The predicted molar refractivity (Wildman–Crippen MR) is 113 cm³/mol. The average molecular weight is 413 g/mol. The number of aliphatic imine (C=N–C) groups is 1. The molecule has 0 amide bonds. The third-order valence-electron chi connectivity index (χ3n) is 5.14. The van der Waals surface area contributed by atoms with Gasteiger partial charge in [0, 0.05) is 58.0 Å². The molecule has 3 heterocycles. The van der Waals surface area contributed by atoms with E-state index in [1.165, 1.54) is 12.1 Å². The zero-order valence-corrected chi connectivity index (χ0v) is 16.9. The van der Waals surface area contributed by atoms with Gasteiger partial charge in [-0.1, -0.05) is 6.07 Å². The van der Waals surface area contributed by atoms with E-state index in [1.807, 2.05) is 40.6 Å². The Balaban J connectivity index is 1.39. The summed E-state index contributed by atoms with van der Waals surface area (Å²) in [6, 6.07) is 9.39. The third kappa shape index (κ3) is 4.34. The summed E-state index contributed by atoms with van der Waals surface area (Å²) in [4.78, 5) is 8.77. The number of guanidine groups is 1. The maximum Gasteiger partial charge on any atom is 0.194 e. The Labute approximate surface area is 174 Å². The summed E-state index contributed by atoms with van der Waals surface area (Å²) in [5.74, 6) is 0.873. The van der Waals surface area contributed by atoms with Gasteiger partial charge in [-0.2, -0.15) is 0 Å². The first-order valence-electron chi connectivity index (χ1n) is 10.2. The van der Waals surface area contributed by atoms with Crippen LogP contribution in [-0.4, -0.2) is 64.7 Å². The van der Waals surface area contributed by atoms with Crippen molar-refractivity contribution in [2.45, 2.75) is 13.3 Å². The lowest BCUT2D eigenvalue weighted by Crippen LogP contribution is -2.52. The van der Waals surface area contributed by atoms with Gasteiger partial charge in [0.2, 0.25) is 0 Å². The van der Waals surface area contributed by atoms with Gasteiger partial charge in [0.05, 0.1) is 5.69 Å². The fourth-order valence-corrected chi connectivity index (χ4v) is 3.64. The molecule has 158 valence electrons. The second-order valence-electron chi connectivity index (χ2n) is 7.10. The van der Waals surface area contributed by atoms with Gasteiger partial charge in [-0.3, -0.25) is 9.39 Å². The Bertz CT molecular complexity index is 1030. The largest absolute Gasteiger partial charge is 0.366 e. The highest BCUT2D eigenvalue weighted by Gasteiger charge is 2.22. The zero-order chi connectivity index (χ0) is 20.9. The molecule has 4 rings (SSSR count). The molecule has 1 N–H and O–H groups in total. The first-order valence-corrected chi connectivity index (χ1v) is 10.2. The van der Waals surface area contributed by atoms with E-state index in [1.54, 1.807) is 0 Å². The van der Waals surface area contributed by atoms with Gasteiger partial charge in [0.15, 0.2) is 11.6 Å². The van der Waals surface area contributed by atoms with Gasteiger partial charge in [-0.05, 0) is 31.2 Å². The standard InChI is InChI=1S/C21H25F2N7/c1-2-24-21(25-9-8-20-27-26-19-5-3-4-10-30(19)20)29-13-11-28(12-14-29)18-15-16(22)6-7-17(18)23/h3-7,10,15H,2,8-9,11-14H2,1H3,(H,24,25). The van der Waals surface area contributed by atoms with Crippen molar-refractivity contribution >= 4 is 17.3 Å². The van der Waals surface area contributed by atoms with E-state index in [2.05, 4.69) is 20.4 Å². The maximum atomic E-state index is 14.1. The van der Waals surface area contributed by atoms with E-state index in [4.69, 9.17) is 4.99 Å². The molecule has 0 atom stereocenters. The monoisotopic (exact) mass is 413 g/mol. The van der Waals surface area contributed by atoms with Crippen molar-refractivity contribution in [1.82, 2.24) is 24.8 Å². The molecule has 1 saturated heterocycles. The minimum Gasteiger partial charge on any atom is -0.366 e. The zero-order valence-electron chi connectivity index (χ0n) is 16.9. The molecule has 0 unspecified atom stereocenters. The topological polar surface area (TPSA) is 61.1 Å². The molecule has 2 aromatic heterocycles. The van der Waals surface area contributed by atoms with Crippen LogP contribution in [0.4, 0.5) is 14.5 Å². The number of halogens is 2. The van der Waals surface area contributed by atoms with Crippen LogP contribution in [0.25, 0.3) is 5.65 Å². The van der Waals surface area contributed by atoms with Crippen LogP contribution in [0.15, 0.2) is 47.6 Å². The molecule has 0 radical (unpaired) electrons. The molecule has 9 heteroatoms. The fourth-order valence-electron chi connectivity index (χ4n) is 3.64.